The summed E-state index contributed by atoms with van der Waals surface area (Å²) in [6.45, 7) is 8.88. The van der Waals surface area contributed by atoms with E-state index < -0.39 is 0 Å². The molecule has 12 heavy (non-hydrogen) atoms. The lowest BCUT2D eigenvalue weighted by atomic mass is 10.1. The third-order valence-electron chi connectivity index (χ3n) is 1.96. The molecular weight excluding hydrogens is 150 g/mol. The van der Waals surface area contributed by atoms with Crippen molar-refractivity contribution in [3.05, 3.63) is 24.4 Å². The Morgan fingerprint density at radius 2 is 2.17 bits per heavy atom. The Morgan fingerprint density at radius 3 is 2.58 bits per heavy atom. The highest BCUT2D eigenvalue weighted by Crippen LogP contribution is 2.14. The molecule has 0 saturated heterocycles. The number of hydrogen-bond donors (Lipinski definition) is 0. The standard InChI is InChI=1S/C10H15NO/c1-8(2)6-7-11-9(3)4-5-10(11)12/h4-5,8H,3,6-7H2,1-2H3. The average molecular weight is 165 g/mol. The van der Waals surface area contributed by atoms with Gasteiger partial charge in [-0.2, -0.15) is 0 Å². The molecule has 0 saturated carbocycles. The molecule has 0 N–H and O–H groups in total. The van der Waals surface area contributed by atoms with Gasteiger partial charge in [-0.3, -0.25) is 4.79 Å². The zero-order valence-corrected chi connectivity index (χ0v) is 7.71. The predicted octanol–water partition coefficient (Wildman–Crippen LogP) is 1.94. The molecule has 0 aliphatic carbocycles. The van der Waals surface area contributed by atoms with Crippen LogP contribution < -0.4 is 0 Å². The number of rotatable bonds is 3. The first-order valence-corrected chi connectivity index (χ1v) is 4.29. The van der Waals surface area contributed by atoms with Gasteiger partial charge in [0.1, 0.15) is 0 Å². The van der Waals surface area contributed by atoms with E-state index in [1.807, 2.05) is 0 Å². The van der Waals surface area contributed by atoms with E-state index in [9.17, 15) is 4.79 Å². The van der Waals surface area contributed by atoms with Crippen molar-refractivity contribution in [1.29, 1.82) is 0 Å². The second-order valence-electron chi connectivity index (χ2n) is 3.50. The Balaban J connectivity index is 2.43. The molecule has 0 aromatic rings. The van der Waals surface area contributed by atoms with E-state index in [4.69, 9.17) is 0 Å². The van der Waals surface area contributed by atoms with Gasteiger partial charge in [-0.05, 0) is 18.4 Å². The summed E-state index contributed by atoms with van der Waals surface area (Å²) in [5.41, 5.74) is 0.820. The van der Waals surface area contributed by atoms with Crippen LogP contribution in [0, 0.1) is 5.92 Å². The van der Waals surface area contributed by atoms with Gasteiger partial charge in [-0.1, -0.05) is 20.4 Å². The SMILES string of the molecule is C=C1C=CC(=O)N1CCC(C)C. The first-order valence-electron chi connectivity index (χ1n) is 4.29. The van der Waals surface area contributed by atoms with Gasteiger partial charge in [0, 0.05) is 18.3 Å². The average Bonchev–Trinajstić information content (AvgIpc) is 2.28. The van der Waals surface area contributed by atoms with Crippen LogP contribution in [-0.4, -0.2) is 17.4 Å². The van der Waals surface area contributed by atoms with Gasteiger partial charge < -0.3 is 4.90 Å². The fourth-order valence-corrected chi connectivity index (χ4v) is 1.13. The summed E-state index contributed by atoms with van der Waals surface area (Å²) < 4.78 is 0. The number of carbonyl (C=O) groups excluding carboxylic acids is 1. The smallest absolute Gasteiger partial charge is 0.251 e. The predicted molar refractivity (Wildman–Crippen MR) is 49.4 cm³/mol. The summed E-state index contributed by atoms with van der Waals surface area (Å²) in [6.07, 6.45) is 4.37. The van der Waals surface area contributed by atoms with E-state index in [-0.39, 0.29) is 5.91 Å². The lowest BCUT2D eigenvalue weighted by Gasteiger charge is -2.17. The molecule has 0 spiro atoms. The minimum Gasteiger partial charge on any atom is -0.309 e. The number of amides is 1. The quantitative estimate of drug-likeness (QED) is 0.626. The van der Waals surface area contributed by atoms with Crippen LogP contribution in [0.4, 0.5) is 0 Å². The fourth-order valence-electron chi connectivity index (χ4n) is 1.13. The molecule has 1 amide bonds. The molecule has 1 heterocycles. The Labute approximate surface area is 73.6 Å². The molecule has 1 aliphatic heterocycles. The maximum absolute atomic E-state index is 11.2. The lowest BCUT2D eigenvalue weighted by Crippen LogP contribution is -2.25. The second-order valence-corrected chi connectivity index (χ2v) is 3.50. The summed E-state index contributed by atoms with van der Waals surface area (Å²) in [4.78, 5) is 12.9. The van der Waals surface area contributed by atoms with E-state index >= 15 is 0 Å². The summed E-state index contributed by atoms with van der Waals surface area (Å²) in [6, 6.07) is 0. The Bertz CT molecular complexity index is 210. The molecule has 2 nitrogen and oxygen atoms in total. The van der Waals surface area contributed by atoms with Crippen LogP contribution in [0.2, 0.25) is 0 Å². The van der Waals surface area contributed by atoms with Crippen LogP contribution in [0.5, 0.6) is 0 Å². The normalized spacial score (nSPS) is 16.8. The molecule has 2 heteroatoms. The molecule has 0 fully saturated rings. The number of nitrogens with zero attached hydrogens (tertiary/aromatic N) is 1. The number of hydrogen-bond acceptors (Lipinski definition) is 1. The van der Waals surface area contributed by atoms with Crippen LogP contribution in [-0.2, 0) is 4.79 Å². The summed E-state index contributed by atoms with van der Waals surface area (Å²) in [7, 11) is 0. The van der Waals surface area contributed by atoms with E-state index in [1.165, 1.54) is 0 Å². The van der Waals surface area contributed by atoms with Crippen molar-refractivity contribution in [3.8, 4) is 0 Å². The van der Waals surface area contributed by atoms with E-state index in [0.29, 0.717) is 5.92 Å². The van der Waals surface area contributed by atoms with Gasteiger partial charge in [-0.25, -0.2) is 0 Å². The van der Waals surface area contributed by atoms with E-state index in [0.717, 1.165) is 18.7 Å². The zero-order valence-electron chi connectivity index (χ0n) is 7.71. The maximum atomic E-state index is 11.2. The van der Waals surface area contributed by atoms with Crippen molar-refractivity contribution >= 4 is 5.91 Å². The number of allylic oxidation sites excluding steroid dienone is 1. The topological polar surface area (TPSA) is 20.3 Å². The van der Waals surface area contributed by atoms with Crippen molar-refractivity contribution in [3.63, 3.8) is 0 Å². The molecule has 0 unspecified atom stereocenters. The van der Waals surface area contributed by atoms with E-state index in [2.05, 4.69) is 20.4 Å². The Morgan fingerprint density at radius 1 is 1.50 bits per heavy atom. The van der Waals surface area contributed by atoms with Crippen molar-refractivity contribution in [2.75, 3.05) is 6.54 Å². The highest BCUT2D eigenvalue weighted by molar-refractivity contribution is 5.92. The molecular formula is C10H15NO. The molecule has 0 aromatic heterocycles. The molecule has 0 radical (unpaired) electrons. The number of carbonyl (C=O) groups is 1. The van der Waals surface area contributed by atoms with Crippen LogP contribution >= 0.6 is 0 Å². The summed E-state index contributed by atoms with van der Waals surface area (Å²) in [5, 5.41) is 0. The molecule has 1 aliphatic rings. The monoisotopic (exact) mass is 165 g/mol. The third kappa shape index (κ3) is 1.97. The largest absolute Gasteiger partial charge is 0.309 e. The molecule has 0 atom stereocenters. The highest BCUT2D eigenvalue weighted by Gasteiger charge is 2.17. The van der Waals surface area contributed by atoms with Crippen molar-refractivity contribution in [2.24, 2.45) is 5.92 Å². The van der Waals surface area contributed by atoms with Crippen LogP contribution in [0.1, 0.15) is 20.3 Å². The molecule has 1 rings (SSSR count). The first kappa shape index (κ1) is 9.04. The van der Waals surface area contributed by atoms with Crippen LogP contribution in [0.3, 0.4) is 0 Å². The fraction of sp³-hybridized carbons (Fsp3) is 0.500. The highest BCUT2D eigenvalue weighted by atomic mass is 16.2. The van der Waals surface area contributed by atoms with Gasteiger partial charge in [0.15, 0.2) is 0 Å². The zero-order chi connectivity index (χ0) is 9.14. The Hall–Kier alpha value is -1.05. The van der Waals surface area contributed by atoms with Crippen molar-refractivity contribution < 1.29 is 4.79 Å². The third-order valence-corrected chi connectivity index (χ3v) is 1.96. The van der Waals surface area contributed by atoms with Gasteiger partial charge >= 0.3 is 0 Å². The van der Waals surface area contributed by atoms with Crippen molar-refractivity contribution in [1.82, 2.24) is 4.90 Å². The second kappa shape index (κ2) is 3.57. The summed E-state index contributed by atoms with van der Waals surface area (Å²) >= 11 is 0. The minimum absolute atomic E-state index is 0.0700. The van der Waals surface area contributed by atoms with Gasteiger partial charge in [0.25, 0.3) is 5.91 Å². The van der Waals surface area contributed by atoms with E-state index in [1.54, 1.807) is 17.1 Å². The lowest BCUT2D eigenvalue weighted by molar-refractivity contribution is -0.123. The van der Waals surface area contributed by atoms with Crippen LogP contribution in [0.25, 0.3) is 0 Å². The summed E-state index contributed by atoms with van der Waals surface area (Å²) in [5.74, 6) is 0.701. The Kier molecular flexibility index (Phi) is 2.69. The van der Waals surface area contributed by atoms with Gasteiger partial charge in [-0.15, -0.1) is 0 Å². The van der Waals surface area contributed by atoms with Crippen LogP contribution in [0.15, 0.2) is 24.4 Å². The molecule has 66 valence electrons. The first-order chi connectivity index (χ1) is 5.61. The van der Waals surface area contributed by atoms with Gasteiger partial charge in [0.05, 0.1) is 0 Å². The molecule has 0 aromatic carbocycles. The minimum atomic E-state index is 0.0700. The molecule has 0 bridgehead atoms. The van der Waals surface area contributed by atoms with Crippen molar-refractivity contribution in [2.45, 2.75) is 20.3 Å². The van der Waals surface area contributed by atoms with Gasteiger partial charge in [0.2, 0.25) is 0 Å². The maximum Gasteiger partial charge on any atom is 0.251 e.